The first-order chi connectivity index (χ1) is 6.92. The molecule has 0 aliphatic carbocycles. The normalized spacial score (nSPS) is 14.5. The first-order valence-electron chi connectivity index (χ1n) is 5.29. The fourth-order valence-electron chi connectivity index (χ4n) is 1.58. The van der Waals surface area contributed by atoms with Crippen molar-refractivity contribution in [2.24, 2.45) is 5.41 Å². The van der Waals surface area contributed by atoms with E-state index in [9.17, 15) is 5.11 Å². The van der Waals surface area contributed by atoms with Crippen LogP contribution in [0.2, 0.25) is 0 Å². The molecule has 0 amide bonds. The zero-order valence-electron chi connectivity index (χ0n) is 10.0. The maximum Gasteiger partial charge on any atom is 0.0575 e. The van der Waals surface area contributed by atoms with Crippen LogP contribution in [-0.4, -0.2) is 29.7 Å². The Bertz CT molecular complexity index is 280. The molecule has 0 aliphatic heterocycles. The van der Waals surface area contributed by atoms with Crippen molar-refractivity contribution in [2.45, 2.75) is 33.4 Å². The molecular formula is C12H21NOS. The van der Waals surface area contributed by atoms with Gasteiger partial charge in [0.05, 0.1) is 6.10 Å². The van der Waals surface area contributed by atoms with E-state index in [0.29, 0.717) is 0 Å². The molecule has 1 aromatic rings. The molecule has 0 fully saturated rings. The van der Waals surface area contributed by atoms with Crippen LogP contribution >= 0.6 is 11.3 Å². The molecule has 15 heavy (non-hydrogen) atoms. The predicted octanol–water partition coefficient (Wildman–Crippen LogP) is 2.59. The summed E-state index contributed by atoms with van der Waals surface area (Å²) in [6.07, 6.45) is -0.276. The molecule has 1 rings (SSSR count). The molecule has 3 heteroatoms. The van der Waals surface area contributed by atoms with Crippen LogP contribution in [-0.2, 0) is 6.54 Å². The third kappa shape index (κ3) is 3.93. The van der Waals surface area contributed by atoms with Gasteiger partial charge in [0, 0.05) is 18.5 Å². The van der Waals surface area contributed by atoms with Crippen LogP contribution in [0.25, 0.3) is 0 Å². The third-order valence-corrected chi connectivity index (χ3v) is 3.57. The molecule has 0 aliphatic rings. The largest absolute Gasteiger partial charge is 0.393 e. The first kappa shape index (κ1) is 12.7. The van der Waals surface area contributed by atoms with Crippen molar-refractivity contribution >= 4 is 11.3 Å². The van der Waals surface area contributed by atoms with Crippen LogP contribution in [0.3, 0.4) is 0 Å². The Morgan fingerprint density at radius 3 is 2.67 bits per heavy atom. The molecule has 0 bridgehead atoms. The van der Waals surface area contributed by atoms with Crippen molar-refractivity contribution in [1.29, 1.82) is 0 Å². The molecule has 1 atom stereocenters. The zero-order chi connectivity index (χ0) is 11.5. The molecule has 2 nitrogen and oxygen atoms in total. The summed E-state index contributed by atoms with van der Waals surface area (Å²) in [5.41, 5.74) is 1.30. The SMILES string of the molecule is CC(O)C(C)(C)CN(C)Cc1ccsc1. The van der Waals surface area contributed by atoms with Gasteiger partial charge >= 0.3 is 0 Å². The minimum absolute atomic E-state index is 0.0508. The van der Waals surface area contributed by atoms with Gasteiger partial charge in [0.2, 0.25) is 0 Å². The Morgan fingerprint density at radius 1 is 1.53 bits per heavy atom. The maximum absolute atomic E-state index is 9.63. The van der Waals surface area contributed by atoms with E-state index in [-0.39, 0.29) is 11.5 Å². The number of hydrogen-bond acceptors (Lipinski definition) is 3. The Labute approximate surface area is 96.5 Å². The molecule has 1 unspecified atom stereocenters. The number of thiophene rings is 1. The van der Waals surface area contributed by atoms with Gasteiger partial charge in [-0.1, -0.05) is 13.8 Å². The summed E-state index contributed by atoms with van der Waals surface area (Å²) in [6.45, 7) is 7.92. The van der Waals surface area contributed by atoms with E-state index in [1.165, 1.54) is 5.56 Å². The summed E-state index contributed by atoms with van der Waals surface area (Å²) in [7, 11) is 2.10. The number of hydrogen-bond donors (Lipinski definition) is 1. The van der Waals surface area contributed by atoms with Gasteiger partial charge < -0.3 is 10.0 Å². The molecule has 1 heterocycles. The maximum atomic E-state index is 9.63. The van der Waals surface area contributed by atoms with Crippen LogP contribution in [0.5, 0.6) is 0 Å². The summed E-state index contributed by atoms with van der Waals surface area (Å²) >= 11 is 1.73. The second-order valence-electron chi connectivity index (χ2n) is 4.97. The van der Waals surface area contributed by atoms with Crippen molar-refractivity contribution in [1.82, 2.24) is 4.90 Å². The van der Waals surface area contributed by atoms with Crippen molar-refractivity contribution in [2.75, 3.05) is 13.6 Å². The Hall–Kier alpha value is -0.380. The van der Waals surface area contributed by atoms with Crippen LogP contribution < -0.4 is 0 Å². The minimum atomic E-state index is -0.276. The van der Waals surface area contributed by atoms with Crippen LogP contribution in [0.15, 0.2) is 16.8 Å². The quantitative estimate of drug-likeness (QED) is 0.836. The van der Waals surface area contributed by atoms with Crippen molar-refractivity contribution in [3.8, 4) is 0 Å². The highest BCUT2D eigenvalue weighted by Gasteiger charge is 2.25. The summed E-state index contributed by atoms with van der Waals surface area (Å²) in [5, 5.41) is 13.9. The molecule has 0 spiro atoms. The van der Waals surface area contributed by atoms with E-state index in [2.05, 4.69) is 42.6 Å². The number of aliphatic hydroxyl groups is 1. The van der Waals surface area contributed by atoms with Gasteiger partial charge in [-0.2, -0.15) is 11.3 Å². The van der Waals surface area contributed by atoms with E-state index in [1.807, 2.05) is 6.92 Å². The highest BCUT2D eigenvalue weighted by atomic mass is 32.1. The third-order valence-electron chi connectivity index (χ3n) is 2.84. The van der Waals surface area contributed by atoms with Gasteiger partial charge in [-0.3, -0.25) is 0 Å². The van der Waals surface area contributed by atoms with Gasteiger partial charge in [0.1, 0.15) is 0 Å². The molecular weight excluding hydrogens is 206 g/mol. The number of rotatable bonds is 5. The standard InChI is InChI=1S/C12H21NOS/c1-10(14)12(2,3)9-13(4)7-11-5-6-15-8-11/h5-6,8,10,14H,7,9H2,1-4H3. The lowest BCUT2D eigenvalue weighted by Crippen LogP contribution is -2.38. The van der Waals surface area contributed by atoms with Crippen molar-refractivity contribution in [3.05, 3.63) is 22.4 Å². The molecule has 1 N–H and O–H groups in total. The van der Waals surface area contributed by atoms with Gasteiger partial charge in [-0.25, -0.2) is 0 Å². The second kappa shape index (κ2) is 5.10. The molecule has 0 saturated heterocycles. The highest BCUT2D eigenvalue weighted by molar-refractivity contribution is 7.07. The van der Waals surface area contributed by atoms with Crippen molar-refractivity contribution < 1.29 is 5.11 Å². The van der Waals surface area contributed by atoms with Gasteiger partial charge in [-0.15, -0.1) is 0 Å². The monoisotopic (exact) mass is 227 g/mol. The Morgan fingerprint density at radius 2 is 2.20 bits per heavy atom. The average molecular weight is 227 g/mol. The summed E-state index contributed by atoms with van der Waals surface area (Å²) in [4.78, 5) is 2.26. The lowest BCUT2D eigenvalue weighted by Gasteiger charge is -2.32. The number of aliphatic hydroxyl groups excluding tert-OH is 1. The molecule has 86 valence electrons. The number of nitrogens with zero attached hydrogens (tertiary/aromatic N) is 1. The first-order valence-corrected chi connectivity index (χ1v) is 6.24. The van der Waals surface area contributed by atoms with E-state index in [4.69, 9.17) is 0 Å². The molecule has 0 aromatic carbocycles. The molecule has 1 aromatic heterocycles. The van der Waals surface area contributed by atoms with Crippen LogP contribution in [0.4, 0.5) is 0 Å². The summed E-state index contributed by atoms with van der Waals surface area (Å²) in [5.74, 6) is 0. The van der Waals surface area contributed by atoms with Crippen LogP contribution in [0, 0.1) is 5.41 Å². The van der Waals surface area contributed by atoms with E-state index in [0.717, 1.165) is 13.1 Å². The van der Waals surface area contributed by atoms with E-state index < -0.39 is 0 Å². The minimum Gasteiger partial charge on any atom is -0.393 e. The van der Waals surface area contributed by atoms with E-state index >= 15 is 0 Å². The fourth-order valence-corrected chi connectivity index (χ4v) is 2.24. The lowest BCUT2D eigenvalue weighted by molar-refractivity contribution is 0.0392. The van der Waals surface area contributed by atoms with E-state index in [1.54, 1.807) is 11.3 Å². The average Bonchev–Trinajstić information content (AvgIpc) is 2.54. The molecule has 0 saturated carbocycles. The highest BCUT2D eigenvalue weighted by Crippen LogP contribution is 2.22. The van der Waals surface area contributed by atoms with Gasteiger partial charge in [0.15, 0.2) is 0 Å². The smallest absolute Gasteiger partial charge is 0.0575 e. The zero-order valence-corrected chi connectivity index (χ0v) is 10.8. The van der Waals surface area contributed by atoms with Crippen molar-refractivity contribution in [3.63, 3.8) is 0 Å². The lowest BCUT2D eigenvalue weighted by atomic mass is 9.87. The summed E-state index contributed by atoms with van der Waals surface area (Å²) < 4.78 is 0. The second-order valence-corrected chi connectivity index (χ2v) is 5.75. The Kier molecular flexibility index (Phi) is 4.32. The van der Waals surface area contributed by atoms with Gasteiger partial charge in [0.25, 0.3) is 0 Å². The Balaban J connectivity index is 2.45. The summed E-state index contributed by atoms with van der Waals surface area (Å²) in [6, 6.07) is 2.15. The van der Waals surface area contributed by atoms with Gasteiger partial charge in [-0.05, 0) is 36.4 Å². The molecule has 0 radical (unpaired) electrons. The van der Waals surface area contributed by atoms with Crippen LogP contribution in [0.1, 0.15) is 26.3 Å². The predicted molar refractivity (Wildman–Crippen MR) is 66.1 cm³/mol. The fraction of sp³-hybridized carbons (Fsp3) is 0.667. The topological polar surface area (TPSA) is 23.5 Å².